The minimum atomic E-state index is -0.498. The van der Waals surface area contributed by atoms with E-state index in [4.69, 9.17) is 10.2 Å². The number of amides is 1. The van der Waals surface area contributed by atoms with Crippen LogP contribution in [0.2, 0.25) is 0 Å². The van der Waals surface area contributed by atoms with Crippen molar-refractivity contribution in [3.05, 3.63) is 47.9 Å². The van der Waals surface area contributed by atoms with Gasteiger partial charge in [-0.3, -0.25) is 4.79 Å². The number of rotatable bonds is 4. The van der Waals surface area contributed by atoms with E-state index in [-0.39, 0.29) is 5.41 Å². The van der Waals surface area contributed by atoms with Crippen LogP contribution in [-0.4, -0.2) is 10.9 Å². The van der Waals surface area contributed by atoms with Crippen molar-refractivity contribution in [1.82, 2.24) is 4.98 Å². The number of carbonyl (C=O) groups is 1. The van der Waals surface area contributed by atoms with E-state index in [2.05, 4.69) is 4.98 Å². The van der Waals surface area contributed by atoms with Crippen molar-refractivity contribution in [3.63, 3.8) is 0 Å². The molecule has 1 amide bonds. The molecular weight excluding hydrogens is 272 g/mol. The minimum absolute atomic E-state index is 0.110. The van der Waals surface area contributed by atoms with Gasteiger partial charge in [0.1, 0.15) is 11.0 Å². The van der Waals surface area contributed by atoms with Crippen LogP contribution in [0, 0.1) is 0 Å². The van der Waals surface area contributed by atoms with Crippen LogP contribution in [0.15, 0.2) is 46.2 Å². The molecule has 0 aliphatic heterocycles. The molecule has 0 bridgehead atoms. The molecule has 1 heterocycles. The average Bonchev–Trinajstić information content (AvgIpc) is 2.85. The summed E-state index contributed by atoms with van der Waals surface area (Å²) in [6.45, 7) is 6.14. The van der Waals surface area contributed by atoms with Gasteiger partial charge in [0.25, 0.3) is 5.22 Å². The van der Waals surface area contributed by atoms with E-state index in [9.17, 15) is 4.79 Å². The van der Waals surface area contributed by atoms with Gasteiger partial charge >= 0.3 is 0 Å². The fraction of sp³-hybridized carbons (Fsp3) is 0.333. The van der Waals surface area contributed by atoms with Crippen molar-refractivity contribution >= 4 is 17.7 Å². The highest BCUT2D eigenvalue weighted by Gasteiger charge is 2.24. The molecule has 2 rings (SSSR count). The standard InChI is InChI=1S/C15H18N2O2S/c1-15(2,3)11-9-17-14(19-11)20-12(13(16)18)10-7-5-4-6-8-10/h4-9,12H,1-3H3,(H2,16,18)/t12-/m1/s1. The van der Waals surface area contributed by atoms with Gasteiger partial charge < -0.3 is 10.2 Å². The zero-order valence-corrected chi connectivity index (χ0v) is 12.6. The summed E-state index contributed by atoms with van der Waals surface area (Å²) < 4.78 is 5.69. The molecule has 0 fully saturated rings. The Morgan fingerprint density at radius 2 is 1.95 bits per heavy atom. The molecule has 0 aliphatic carbocycles. The highest BCUT2D eigenvalue weighted by molar-refractivity contribution is 8.00. The molecule has 106 valence electrons. The molecule has 5 heteroatoms. The second-order valence-electron chi connectivity index (χ2n) is 5.55. The number of aromatic nitrogens is 1. The Kier molecular flexibility index (Phi) is 4.18. The van der Waals surface area contributed by atoms with Gasteiger partial charge in [0.05, 0.1) is 6.20 Å². The molecular formula is C15H18N2O2S. The smallest absolute Gasteiger partial charge is 0.256 e. The Hall–Kier alpha value is -1.75. The molecule has 2 aromatic rings. The predicted molar refractivity (Wildman–Crippen MR) is 79.4 cm³/mol. The first kappa shape index (κ1) is 14.7. The zero-order chi connectivity index (χ0) is 14.8. The van der Waals surface area contributed by atoms with E-state index in [1.807, 2.05) is 51.1 Å². The molecule has 0 saturated heterocycles. The predicted octanol–water partition coefficient (Wildman–Crippen LogP) is 3.29. The van der Waals surface area contributed by atoms with E-state index in [0.717, 1.165) is 11.3 Å². The monoisotopic (exact) mass is 290 g/mol. The zero-order valence-electron chi connectivity index (χ0n) is 11.8. The first-order valence-corrected chi connectivity index (χ1v) is 7.23. The number of oxazole rings is 1. The average molecular weight is 290 g/mol. The summed E-state index contributed by atoms with van der Waals surface area (Å²) in [6, 6.07) is 9.39. The number of hydrogen-bond acceptors (Lipinski definition) is 4. The molecule has 0 saturated carbocycles. The molecule has 0 spiro atoms. The Morgan fingerprint density at radius 3 is 2.45 bits per heavy atom. The van der Waals surface area contributed by atoms with Gasteiger partial charge in [-0.2, -0.15) is 0 Å². The topological polar surface area (TPSA) is 69.1 Å². The van der Waals surface area contributed by atoms with E-state index < -0.39 is 11.2 Å². The summed E-state index contributed by atoms with van der Waals surface area (Å²) in [7, 11) is 0. The maximum Gasteiger partial charge on any atom is 0.256 e. The Morgan fingerprint density at radius 1 is 1.30 bits per heavy atom. The number of primary amides is 1. The molecule has 4 nitrogen and oxygen atoms in total. The van der Waals surface area contributed by atoms with Crippen LogP contribution < -0.4 is 5.73 Å². The summed E-state index contributed by atoms with van der Waals surface area (Å²) in [5.74, 6) is 0.382. The SMILES string of the molecule is CC(C)(C)c1cnc(S[C@@H](C(N)=O)c2ccccc2)o1. The number of carbonyl (C=O) groups excluding carboxylic acids is 1. The lowest BCUT2D eigenvalue weighted by molar-refractivity contribution is -0.117. The number of nitrogens with two attached hydrogens (primary N) is 1. The van der Waals surface area contributed by atoms with Gasteiger partial charge in [-0.05, 0) is 17.3 Å². The van der Waals surface area contributed by atoms with Gasteiger partial charge in [0.2, 0.25) is 5.91 Å². The molecule has 1 aromatic heterocycles. The van der Waals surface area contributed by atoms with Crippen molar-refractivity contribution in [2.45, 2.75) is 36.7 Å². The number of nitrogens with zero attached hydrogens (tertiary/aromatic N) is 1. The van der Waals surface area contributed by atoms with E-state index in [1.165, 1.54) is 11.8 Å². The third-order valence-electron chi connectivity index (χ3n) is 2.80. The van der Waals surface area contributed by atoms with Crippen LogP contribution in [0.5, 0.6) is 0 Å². The van der Waals surface area contributed by atoms with Gasteiger partial charge in [-0.15, -0.1) is 0 Å². The number of hydrogen-bond donors (Lipinski definition) is 1. The Labute approximate surface area is 122 Å². The lowest BCUT2D eigenvalue weighted by atomic mass is 9.94. The van der Waals surface area contributed by atoms with Crippen molar-refractivity contribution in [2.24, 2.45) is 5.73 Å². The van der Waals surface area contributed by atoms with Crippen molar-refractivity contribution < 1.29 is 9.21 Å². The molecule has 0 radical (unpaired) electrons. The quantitative estimate of drug-likeness (QED) is 0.877. The van der Waals surface area contributed by atoms with Crippen LogP contribution in [0.4, 0.5) is 0 Å². The molecule has 1 aromatic carbocycles. The van der Waals surface area contributed by atoms with E-state index in [0.29, 0.717) is 5.22 Å². The molecule has 1 atom stereocenters. The van der Waals surface area contributed by atoms with Crippen LogP contribution in [0.1, 0.15) is 37.3 Å². The maximum absolute atomic E-state index is 11.6. The summed E-state index contributed by atoms with van der Waals surface area (Å²) >= 11 is 1.23. The Balaban J connectivity index is 2.22. The first-order valence-electron chi connectivity index (χ1n) is 6.35. The van der Waals surface area contributed by atoms with Crippen molar-refractivity contribution in [1.29, 1.82) is 0 Å². The summed E-state index contributed by atoms with van der Waals surface area (Å²) in [4.78, 5) is 15.9. The third-order valence-corrected chi connectivity index (χ3v) is 3.93. The molecule has 20 heavy (non-hydrogen) atoms. The second kappa shape index (κ2) is 5.71. The van der Waals surface area contributed by atoms with E-state index >= 15 is 0 Å². The van der Waals surface area contributed by atoms with Crippen molar-refractivity contribution in [3.8, 4) is 0 Å². The Bertz CT molecular complexity index is 587. The third kappa shape index (κ3) is 3.42. The van der Waals surface area contributed by atoms with Crippen LogP contribution in [-0.2, 0) is 10.2 Å². The van der Waals surface area contributed by atoms with Gasteiger partial charge in [-0.1, -0.05) is 51.1 Å². The number of thioether (sulfide) groups is 1. The fourth-order valence-electron chi connectivity index (χ4n) is 1.68. The molecule has 0 unspecified atom stereocenters. The summed E-state index contributed by atoms with van der Waals surface area (Å²) in [5, 5.41) is -0.0368. The fourth-order valence-corrected chi connectivity index (χ4v) is 2.54. The van der Waals surface area contributed by atoms with Crippen LogP contribution in [0.3, 0.4) is 0 Å². The van der Waals surface area contributed by atoms with Gasteiger partial charge in [0, 0.05) is 5.41 Å². The second-order valence-corrected chi connectivity index (χ2v) is 6.61. The van der Waals surface area contributed by atoms with Crippen LogP contribution >= 0.6 is 11.8 Å². The van der Waals surface area contributed by atoms with Gasteiger partial charge in [0.15, 0.2) is 0 Å². The first-order chi connectivity index (χ1) is 9.38. The lowest BCUT2D eigenvalue weighted by Gasteiger charge is -2.14. The summed E-state index contributed by atoms with van der Waals surface area (Å²) in [6.07, 6.45) is 1.70. The van der Waals surface area contributed by atoms with Crippen molar-refractivity contribution in [2.75, 3.05) is 0 Å². The van der Waals surface area contributed by atoms with Crippen LogP contribution in [0.25, 0.3) is 0 Å². The van der Waals surface area contributed by atoms with E-state index in [1.54, 1.807) is 6.20 Å². The maximum atomic E-state index is 11.6. The minimum Gasteiger partial charge on any atom is -0.436 e. The highest BCUT2D eigenvalue weighted by Crippen LogP contribution is 2.36. The lowest BCUT2D eigenvalue weighted by Crippen LogP contribution is -2.18. The largest absolute Gasteiger partial charge is 0.436 e. The number of benzene rings is 1. The normalized spacial score (nSPS) is 13.2. The summed E-state index contributed by atoms with van der Waals surface area (Å²) in [5.41, 5.74) is 6.22. The van der Waals surface area contributed by atoms with Gasteiger partial charge in [-0.25, -0.2) is 4.98 Å². The molecule has 2 N–H and O–H groups in total. The molecule has 0 aliphatic rings. The highest BCUT2D eigenvalue weighted by atomic mass is 32.2.